The fourth-order valence-corrected chi connectivity index (χ4v) is 2.76. The first-order valence-corrected chi connectivity index (χ1v) is 9.07. The highest BCUT2D eigenvalue weighted by atomic mass is 32.2. The van der Waals surface area contributed by atoms with Gasteiger partial charge in [0.25, 0.3) is 5.91 Å². The summed E-state index contributed by atoms with van der Waals surface area (Å²) in [6, 6.07) is 15.1. The van der Waals surface area contributed by atoms with Crippen LogP contribution in [0.15, 0.2) is 54.6 Å². The van der Waals surface area contributed by atoms with Gasteiger partial charge in [-0.1, -0.05) is 42.5 Å². The molecule has 1 atom stereocenters. The summed E-state index contributed by atoms with van der Waals surface area (Å²) in [7, 11) is -2.45. The first kappa shape index (κ1) is 16.1. The van der Waals surface area contributed by atoms with E-state index in [4.69, 9.17) is 0 Å². The van der Waals surface area contributed by atoms with Gasteiger partial charge in [0.05, 0.1) is 6.26 Å². The standard InChI is InChI=1S/C16H16N4O3S/c1-19(24(2,22)23)16(21)15(12-8-4-3-5-9-12)20-17-13-10-6-7-11-14(13)18-20/h3-11,15H,1-2H3. The van der Waals surface area contributed by atoms with Crippen molar-refractivity contribution in [1.29, 1.82) is 0 Å². The average molecular weight is 344 g/mol. The Balaban J connectivity index is 2.14. The van der Waals surface area contributed by atoms with Crippen molar-refractivity contribution in [2.24, 2.45) is 0 Å². The number of carbonyl (C=O) groups is 1. The third-order valence-electron chi connectivity index (χ3n) is 3.69. The zero-order chi connectivity index (χ0) is 17.3. The minimum absolute atomic E-state index is 0.610. The number of sulfonamides is 1. The lowest BCUT2D eigenvalue weighted by Crippen LogP contribution is -2.39. The number of likely N-dealkylation sites (N-methyl/N-ethyl adjacent to an activating group) is 1. The summed E-state index contributed by atoms with van der Waals surface area (Å²) in [5.41, 5.74) is 1.87. The molecule has 1 aromatic heterocycles. The lowest BCUT2D eigenvalue weighted by molar-refractivity contribution is -0.128. The van der Waals surface area contributed by atoms with Crippen LogP contribution < -0.4 is 0 Å². The van der Waals surface area contributed by atoms with Crippen molar-refractivity contribution in [3.63, 3.8) is 0 Å². The van der Waals surface area contributed by atoms with Gasteiger partial charge >= 0.3 is 0 Å². The highest BCUT2D eigenvalue weighted by molar-refractivity contribution is 7.88. The van der Waals surface area contributed by atoms with Crippen LogP contribution in [0.1, 0.15) is 11.6 Å². The molecule has 0 N–H and O–H groups in total. The average Bonchev–Trinajstić information content (AvgIpc) is 2.97. The van der Waals surface area contributed by atoms with Gasteiger partial charge in [0.15, 0.2) is 6.04 Å². The molecule has 1 unspecified atom stereocenters. The number of hydrogen-bond acceptors (Lipinski definition) is 5. The topological polar surface area (TPSA) is 85.2 Å². The van der Waals surface area contributed by atoms with Crippen molar-refractivity contribution in [2.45, 2.75) is 6.04 Å². The Morgan fingerprint density at radius 3 is 2.00 bits per heavy atom. The second-order valence-corrected chi connectivity index (χ2v) is 7.40. The molecule has 0 aliphatic carbocycles. The molecule has 0 spiro atoms. The third kappa shape index (κ3) is 3.00. The van der Waals surface area contributed by atoms with Gasteiger partial charge < -0.3 is 0 Å². The van der Waals surface area contributed by atoms with E-state index in [1.165, 1.54) is 11.8 Å². The number of carbonyl (C=O) groups excluding carboxylic acids is 1. The fourth-order valence-electron chi connectivity index (χ4n) is 2.34. The SMILES string of the molecule is CN(C(=O)C(c1ccccc1)n1nc2ccccc2n1)S(C)(=O)=O. The Kier molecular flexibility index (Phi) is 4.06. The first-order chi connectivity index (χ1) is 11.4. The van der Waals surface area contributed by atoms with E-state index in [1.54, 1.807) is 36.4 Å². The summed E-state index contributed by atoms with van der Waals surface area (Å²) in [6.45, 7) is 0. The number of hydrogen-bond donors (Lipinski definition) is 0. The molecule has 0 aliphatic rings. The van der Waals surface area contributed by atoms with Crippen molar-refractivity contribution in [2.75, 3.05) is 13.3 Å². The predicted octanol–water partition coefficient (Wildman–Crippen LogP) is 1.44. The van der Waals surface area contributed by atoms with Crippen molar-refractivity contribution < 1.29 is 13.2 Å². The van der Waals surface area contributed by atoms with Gasteiger partial charge in [-0.3, -0.25) is 4.79 Å². The van der Waals surface area contributed by atoms with E-state index >= 15 is 0 Å². The maximum Gasteiger partial charge on any atom is 0.267 e. The van der Waals surface area contributed by atoms with Crippen LogP contribution in [0.3, 0.4) is 0 Å². The molecule has 124 valence electrons. The smallest absolute Gasteiger partial charge is 0.267 e. The predicted molar refractivity (Wildman–Crippen MR) is 89.7 cm³/mol. The number of rotatable bonds is 4. The van der Waals surface area contributed by atoms with E-state index in [0.717, 1.165) is 10.6 Å². The summed E-state index contributed by atoms with van der Waals surface area (Å²) in [5, 5.41) is 8.68. The summed E-state index contributed by atoms with van der Waals surface area (Å²) in [4.78, 5) is 14.1. The Hall–Kier alpha value is -2.74. The number of benzene rings is 2. The number of nitrogens with zero attached hydrogens (tertiary/aromatic N) is 4. The largest absolute Gasteiger partial charge is 0.271 e. The molecule has 2 aromatic carbocycles. The van der Waals surface area contributed by atoms with Crippen LogP contribution in [-0.4, -0.2) is 46.9 Å². The monoisotopic (exact) mass is 344 g/mol. The summed E-state index contributed by atoms with van der Waals surface area (Å²) < 4.78 is 24.3. The molecule has 7 nitrogen and oxygen atoms in total. The summed E-state index contributed by atoms with van der Waals surface area (Å²) in [6.07, 6.45) is 0.986. The summed E-state index contributed by atoms with van der Waals surface area (Å²) in [5.74, 6) is -0.621. The number of fused-ring (bicyclic) bond motifs is 1. The molecule has 0 saturated heterocycles. The maximum absolute atomic E-state index is 12.8. The van der Waals surface area contributed by atoms with Gasteiger partial charge in [-0.2, -0.15) is 15.0 Å². The highest BCUT2D eigenvalue weighted by Gasteiger charge is 2.31. The normalized spacial score (nSPS) is 12.9. The zero-order valence-corrected chi connectivity index (χ0v) is 14.0. The van der Waals surface area contributed by atoms with Gasteiger partial charge in [0.2, 0.25) is 10.0 Å². The highest BCUT2D eigenvalue weighted by Crippen LogP contribution is 2.22. The molecule has 0 fully saturated rings. The Morgan fingerprint density at radius 1 is 1.00 bits per heavy atom. The van der Waals surface area contributed by atoms with E-state index in [-0.39, 0.29) is 0 Å². The minimum Gasteiger partial charge on any atom is -0.271 e. The molecule has 24 heavy (non-hydrogen) atoms. The van der Waals surface area contributed by atoms with Gasteiger partial charge in [-0.25, -0.2) is 12.7 Å². The summed E-state index contributed by atoms with van der Waals surface area (Å²) >= 11 is 0. The quantitative estimate of drug-likeness (QED) is 0.715. The van der Waals surface area contributed by atoms with E-state index in [1.807, 2.05) is 18.2 Å². The number of aromatic nitrogens is 3. The van der Waals surface area contributed by atoms with Crippen molar-refractivity contribution in [3.05, 3.63) is 60.2 Å². The van der Waals surface area contributed by atoms with Crippen LogP contribution in [-0.2, 0) is 14.8 Å². The molecule has 0 radical (unpaired) electrons. The lowest BCUT2D eigenvalue weighted by Gasteiger charge is -2.21. The van der Waals surface area contributed by atoms with E-state index in [2.05, 4.69) is 10.2 Å². The Bertz CT molecular complexity index is 950. The minimum atomic E-state index is -3.68. The molecule has 0 saturated carbocycles. The van der Waals surface area contributed by atoms with Crippen LogP contribution in [0.25, 0.3) is 11.0 Å². The molecule has 8 heteroatoms. The van der Waals surface area contributed by atoms with Gasteiger partial charge in [-0.05, 0) is 17.7 Å². The lowest BCUT2D eigenvalue weighted by atomic mass is 10.1. The first-order valence-electron chi connectivity index (χ1n) is 7.22. The Labute approximate surface area is 139 Å². The van der Waals surface area contributed by atoms with Gasteiger partial charge in [0.1, 0.15) is 11.0 Å². The maximum atomic E-state index is 12.8. The third-order valence-corrected chi connectivity index (χ3v) is 4.86. The van der Waals surface area contributed by atoms with Crippen LogP contribution in [0.2, 0.25) is 0 Å². The van der Waals surface area contributed by atoms with Gasteiger partial charge in [-0.15, -0.1) is 0 Å². The van der Waals surface area contributed by atoms with Crippen LogP contribution in [0, 0.1) is 0 Å². The van der Waals surface area contributed by atoms with E-state index in [0.29, 0.717) is 16.6 Å². The Morgan fingerprint density at radius 2 is 1.50 bits per heavy atom. The van der Waals surface area contributed by atoms with Crippen molar-refractivity contribution >= 4 is 27.0 Å². The van der Waals surface area contributed by atoms with Gasteiger partial charge in [0, 0.05) is 7.05 Å². The van der Waals surface area contributed by atoms with Crippen LogP contribution in [0.4, 0.5) is 0 Å². The molecule has 1 amide bonds. The molecule has 3 aromatic rings. The van der Waals surface area contributed by atoms with Crippen LogP contribution in [0.5, 0.6) is 0 Å². The van der Waals surface area contributed by atoms with E-state index < -0.39 is 22.0 Å². The molecule has 0 bridgehead atoms. The fraction of sp³-hybridized carbons (Fsp3) is 0.188. The second kappa shape index (κ2) is 6.04. The molecule has 0 aliphatic heterocycles. The van der Waals surface area contributed by atoms with Crippen molar-refractivity contribution in [3.8, 4) is 0 Å². The molecular formula is C16H16N4O3S. The molecule has 1 heterocycles. The zero-order valence-electron chi connectivity index (χ0n) is 13.2. The molecular weight excluding hydrogens is 328 g/mol. The number of amides is 1. The second-order valence-electron chi connectivity index (χ2n) is 5.39. The van der Waals surface area contributed by atoms with Crippen LogP contribution >= 0.6 is 0 Å². The van der Waals surface area contributed by atoms with E-state index in [9.17, 15) is 13.2 Å². The van der Waals surface area contributed by atoms with Crippen molar-refractivity contribution in [1.82, 2.24) is 19.3 Å². The molecule has 3 rings (SSSR count).